The summed E-state index contributed by atoms with van der Waals surface area (Å²) in [5.74, 6) is 0.768. The topological polar surface area (TPSA) is 59.6 Å². The predicted molar refractivity (Wildman–Crippen MR) is 89.7 cm³/mol. The molecule has 2 N–H and O–H groups in total. The van der Waals surface area contributed by atoms with Crippen molar-refractivity contribution in [3.8, 4) is 5.75 Å². The highest BCUT2D eigenvalue weighted by molar-refractivity contribution is 5.84. The Balaban J connectivity index is 1.46. The molecule has 0 spiro atoms. The van der Waals surface area contributed by atoms with Crippen molar-refractivity contribution in [2.45, 2.75) is 19.1 Å². The molecule has 1 fully saturated rings. The van der Waals surface area contributed by atoms with Gasteiger partial charge in [-0.05, 0) is 29.8 Å². The summed E-state index contributed by atoms with van der Waals surface area (Å²) in [4.78, 5) is 12.1. The average molecular weight is 314 g/mol. The summed E-state index contributed by atoms with van der Waals surface area (Å²) in [5, 5.41) is 8.38. The smallest absolute Gasteiger partial charge is 0.239 e. The Morgan fingerprint density at radius 1 is 1.30 bits per heavy atom. The number of nitrogens with one attached hydrogen (secondary N) is 2. The van der Waals surface area contributed by atoms with Gasteiger partial charge in [0.15, 0.2) is 0 Å². The number of carbonyl (C=O) groups is 1. The number of hydrogen-bond donors (Lipinski definition) is 2. The number of carbonyl (C=O) groups excluding carboxylic acids is 1. The van der Waals surface area contributed by atoms with E-state index >= 15 is 0 Å². The van der Waals surface area contributed by atoms with Crippen molar-refractivity contribution in [2.24, 2.45) is 0 Å². The van der Waals surface area contributed by atoms with Gasteiger partial charge in [-0.15, -0.1) is 0 Å². The molecule has 5 heteroatoms. The number of ether oxygens (including phenoxy) is 2. The number of amides is 1. The predicted octanol–water partition coefficient (Wildman–Crippen LogP) is 1.71. The van der Waals surface area contributed by atoms with Crippen LogP contribution in [0.1, 0.15) is 6.92 Å². The molecule has 0 radical (unpaired) electrons. The Labute approximate surface area is 136 Å². The number of morpholine rings is 1. The van der Waals surface area contributed by atoms with Crippen molar-refractivity contribution in [3.05, 3.63) is 42.5 Å². The first kappa shape index (κ1) is 15.8. The molecule has 0 aromatic heterocycles. The summed E-state index contributed by atoms with van der Waals surface area (Å²) in [6.07, 6.45) is -0.106. The Morgan fingerprint density at radius 2 is 2.13 bits per heavy atom. The zero-order valence-electron chi connectivity index (χ0n) is 13.2. The third-order valence-corrected chi connectivity index (χ3v) is 3.99. The Hall–Kier alpha value is -2.11. The summed E-state index contributed by atoms with van der Waals surface area (Å²) < 4.78 is 11.2. The lowest BCUT2D eigenvalue weighted by Crippen LogP contribution is -2.55. The molecule has 5 nitrogen and oxygen atoms in total. The van der Waals surface area contributed by atoms with Gasteiger partial charge in [0.25, 0.3) is 0 Å². The highest BCUT2D eigenvalue weighted by atomic mass is 16.5. The van der Waals surface area contributed by atoms with Crippen LogP contribution in [0, 0.1) is 0 Å². The maximum absolute atomic E-state index is 12.1. The zero-order chi connectivity index (χ0) is 16.1. The molecule has 3 rings (SSSR count). The van der Waals surface area contributed by atoms with Crippen LogP contribution in [-0.4, -0.2) is 44.4 Å². The molecule has 2 atom stereocenters. The molecule has 2 aromatic carbocycles. The van der Waals surface area contributed by atoms with Gasteiger partial charge < -0.3 is 20.1 Å². The van der Waals surface area contributed by atoms with E-state index in [-0.39, 0.29) is 18.1 Å². The molecule has 122 valence electrons. The normalized spacial score (nSPS) is 21.1. The third-order valence-electron chi connectivity index (χ3n) is 3.99. The fourth-order valence-electron chi connectivity index (χ4n) is 2.74. The van der Waals surface area contributed by atoms with Gasteiger partial charge in [-0.2, -0.15) is 0 Å². The van der Waals surface area contributed by atoms with Gasteiger partial charge in [0.2, 0.25) is 5.91 Å². The number of fused-ring (bicyclic) bond motifs is 1. The van der Waals surface area contributed by atoms with Crippen LogP contribution in [0.25, 0.3) is 10.8 Å². The summed E-state index contributed by atoms with van der Waals surface area (Å²) >= 11 is 0. The molecule has 0 saturated carbocycles. The summed E-state index contributed by atoms with van der Waals surface area (Å²) in [7, 11) is 0. The second-order valence-corrected chi connectivity index (χ2v) is 5.66. The molecule has 23 heavy (non-hydrogen) atoms. The van der Waals surface area contributed by atoms with E-state index in [1.165, 1.54) is 5.39 Å². The van der Waals surface area contributed by atoms with Crippen LogP contribution >= 0.6 is 0 Å². The second kappa shape index (κ2) is 7.44. The first-order chi connectivity index (χ1) is 11.2. The van der Waals surface area contributed by atoms with Crippen molar-refractivity contribution >= 4 is 16.7 Å². The first-order valence-electron chi connectivity index (χ1n) is 7.98. The fourth-order valence-corrected chi connectivity index (χ4v) is 2.74. The molecule has 2 aromatic rings. The molecule has 0 bridgehead atoms. The Morgan fingerprint density at radius 3 is 2.96 bits per heavy atom. The van der Waals surface area contributed by atoms with E-state index in [4.69, 9.17) is 9.47 Å². The lowest BCUT2D eigenvalue weighted by Gasteiger charge is -2.29. The number of rotatable bonds is 5. The largest absolute Gasteiger partial charge is 0.492 e. The maximum atomic E-state index is 12.1. The standard InChI is InChI=1S/C18H22N2O3/c1-13-17(19-8-10-22-13)18(21)20-9-11-23-16-7-6-14-4-2-3-5-15(14)12-16/h2-7,12-13,17,19H,8-11H2,1H3,(H,20,21)/t13-,17+/m1/s1. The Bertz CT molecular complexity index is 674. The minimum absolute atomic E-state index is 0.0423. The van der Waals surface area contributed by atoms with E-state index in [1.54, 1.807) is 0 Å². The molecule has 1 heterocycles. The van der Waals surface area contributed by atoms with E-state index in [2.05, 4.69) is 22.8 Å². The SMILES string of the molecule is C[C@H]1OCCN[C@@H]1C(=O)NCCOc1ccc2ccccc2c1. The number of benzene rings is 2. The van der Waals surface area contributed by atoms with Crippen molar-refractivity contribution in [1.82, 2.24) is 10.6 Å². The lowest BCUT2D eigenvalue weighted by molar-refractivity contribution is -0.129. The maximum Gasteiger partial charge on any atom is 0.239 e. The second-order valence-electron chi connectivity index (χ2n) is 5.66. The van der Waals surface area contributed by atoms with E-state index in [0.29, 0.717) is 26.3 Å². The van der Waals surface area contributed by atoms with E-state index in [9.17, 15) is 4.79 Å². The van der Waals surface area contributed by atoms with Crippen LogP contribution in [-0.2, 0) is 9.53 Å². The van der Waals surface area contributed by atoms with Gasteiger partial charge in [0.1, 0.15) is 18.4 Å². The van der Waals surface area contributed by atoms with E-state index < -0.39 is 0 Å². The van der Waals surface area contributed by atoms with Gasteiger partial charge in [-0.25, -0.2) is 0 Å². The van der Waals surface area contributed by atoms with Gasteiger partial charge in [0.05, 0.1) is 19.3 Å². The summed E-state index contributed by atoms with van der Waals surface area (Å²) in [5.41, 5.74) is 0. The molecule has 0 unspecified atom stereocenters. The van der Waals surface area contributed by atoms with Crippen molar-refractivity contribution in [3.63, 3.8) is 0 Å². The minimum atomic E-state index is -0.288. The molecule has 1 amide bonds. The van der Waals surface area contributed by atoms with Crippen molar-refractivity contribution in [2.75, 3.05) is 26.3 Å². The van der Waals surface area contributed by atoms with Gasteiger partial charge >= 0.3 is 0 Å². The zero-order valence-corrected chi connectivity index (χ0v) is 13.2. The Kier molecular flexibility index (Phi) is 5.10. The third kappa shape index (κ3) is 4.00. The highest BCUT2D eigenvalue weighted by Gasteiger charge is 2.27. The van der Waals surface area contributed by atoms with Crippen LogP contribution in [0.4, 0.5) is 0 Å². The molecule has 0 aliphatic carbocycles. The number of hydrogen-bond acceptors (Lipinski definition) is 4. The van der Waals surface area contributed by atoms with Crippen LogP contribution in [0.2, 0.25) is 0 Å². The fraction of sp³-hybridized carbons (Fsp3) is 0.389. The van der Waals surface area contributed by atoms with Crippen LogP contribution in [0.15, 0.2) is 42.5 Å². The monoisotopic (exact) mass is 314 g/mol. The molecular weight excluding hydrogens is 292 g/mol. The quantitative estimate of drug-likeness (QED) is 0.825. The summed E-state index contributed by atoms with van der Waals surface area (Å²) in [6, 6.07) is 13.9. The van der Waals surface area contributed by atoms with Crippen LogP contribution in [0.3, 0.4) is 0 Å². The van der Waals surface area contributed by atoms with Crippen molar-refractivity contribution in [1.29, 1.82) is 0 Å². The molecule has 1 aliphatic heterocycles. The summed E-state index contributed by atoms with van der Waals surface area (Å²) in [6.45, 7) is 4.16. The van der Waals surface area contributed by atoms with Gasteiger partial charge in [-0.3, -0.25) is 4.79 Å². The lowest BCUT2D eigenvalue weighted by atomic mass is 10.1. The van der Waals surface area contributed by atoms with Crippen LogP contribution in [0.5, 0.6) is 5.75 Å². The van der Waals surface area contributed by atoms with Gasteiger partial charge in [0, 0.05) is 6.54 Å². The molecule has 1 saturated heterocycles. The molecular formula is C18H22N2O3. The van der Waals surface area contributed by atoms with Crippen LogP contribution < -0.4 is 15.4 Å². The minimum Gasteiger partial charge on any atom is -0.492 e. The highest BCUT2D eigenvalue weighted by Crippen LogP contribution is 2.20. The van der Waals surface area contributed by atoms with E-state index in [0.717, 1.165) is 11.1 Å². The average Bonchev–Trinajstić information content (AvgIpc) is 2.59. The van der Waals surface area contributed by atoms with Gasteiger partial charge in [-0.1, -0.05) is 30.3 Å². The first-order valence-corrected chi connectivity index (χ1v) is 7.98. The van der Waals surface area contributed by atoms with E-state index in [1.807, 2.05) is 37.3 Å². The molecule has 1 aliphatic rings. The van der Waals surface area contributed by atoms with Crippen molar-refractivity contribution < 1.29 is 14.3 Å².